The van der Waals surface area contributed by atoms with Crippen molar-refractivity contribution in [3.05, 3.63) is 65.2 Å². The maximum atomic E-state index is 12.8. The molecule has 0 heterocycles. The van der Waals surface area contributed by atoms with Gasteiger partial charge in [-0.3, -0.25) is 4.79 Å². The van der Waals surface area contributed by atoms with Crippen LogP contribution in [-0.2, 0) is 19.6 Å². The Morgan fingerprint density at radius 3 is 2.56 bits per heavy atom. The van der Waals surface area contributed by atoms with Crippen LogP contribution in [0.2, 0.25) is 0 Å². The molecule has 2 aromatic rings. The molecule has 0 saturated carbocycles. The average molecular weight is 383 g/mol. The van der Waals surface area contributed by atoms with E-state index in [9.17, 15) is 13.2 Å². The maximum Gasteiger partial charge on any atom is 0.307 e. The second-order valence-electron chi connectivity index (χ2n) is 5.53. The van der Waals surface area contributed by atoms with E-state index in [-0.39, 0.29) is 23.5 Å². The number of ether oxygens (including phenoxy) is 1. The number of sulfonamides is 1. The molecule has 0 amide bonds. The van der Waals surface area contributed by atoms with Gasteiger partial charge in [-0.15, -0.1) is 0 Å². The minimum Gasteiger partial charge on any atom is -0.466 e. The summed E-state index contributed by atoms with van der Waals surface area (Å²) in [5.41, 5.74) is 0.767. The Morgan fingerprint density at radius 1 is 1.15 bits per heavy atom. The van der Waals surface area contributed by atoms with Crippen molar-refractivity contribution in [3.8, 4) is 12.1 Å². The Kier molecular flexibility index (Phi) is 6.67. The first-order chi connectivity index (χ1) is 12.9. The molecule has 0 aliphatic carbocycles. The first-order valence-electron chi connectivity index (χ1n) is 8.08. The lowest BCUT2D eigenvalue weighted by Gasteiger charge is -2.19. The zero-order valence-corrected chi connectivity index (χ0v) is 15.4. The molecule has 2 aromatic carbocycles. The highest BCUT2D eigenvalue weighted by atomic mass is 32.2. The van der Waals surface area contributed by atoms with Crippen LogP contribution >= 0.6 is 0 Å². The molecule has 1 atom stereocenters. The number of esters is 1. The van der Waals surface area contributed by atoms with Crippen molar-refractivity contribution in [2.24, 2.45) is 0 Å². The molecule has 2 rings (SSSR count). The highest BCUT2D eigenvalue weighted by Crippen LogP contribution is 2.23. The van der Waals surface area contributed by atoms with Crippen molar-refractivity contribution in [2.75, 3.05) is 6.61 Å². The zero-order valence-electron chi connectivity index (χ0n) is 14.5. The van der Waals surface area contributed by atoms with Crippen molar-refractivity contribution in [1.29, 1.82) is 10.5 Å². The molecule has 0 radical (unpaired) electrons. The molecule has 0 bridgehead atoms. The second-order valence-corrected chi connectivity index (χ2v) is 7.21. The molecular formula is C19H17N3O4S. The van der Waals surface area contributed by atoms with Gasteiger partial charge in [-0.25, -0.2) is 13.1 Å². The van der Waals surface area contributed by atoms with Gasteiger partial charge in [0.05, 0.1) is 41.2 Å². The lowest BCUT2D eigenvalue weighted by Crippen LogP contribution is -2.31. The summed E-state index contributed by atoms with van der Waals surface area (Å²) in [7, 11) is -4.09. The molecule has 138 valence electrons. The van der Waals surface area contributed by atoms with Gasteiger partial charge < -0.3 is 4.74 Å². The van der Waals surface area contributed by atoms with Crippen LogP contribution in [0.1, 0.15) is 36.1 Å². The largest absolute Gasteiger partial charge is 0.466 e. The Labute approximate surface area is 157 Å². The van der Waals surface area contributed by atoms with Crippen LogP contribution in [0.4, 0.5) is 0 Å². The van der Waals surface area contributed by atoms with E-state index in [1.807, 2.05) is 12.1 Å². The van der Waals surface area contributed by atoms with Crippen LogP contribution in [0.3, 0.4) is 0 Å². The third-order valence-corrected chi connectivity index (χ3v) is 5.22. The van der Waals surface area contributed by atoms with Gasteiger partial charge >= 0.3 is 5.97 Å². The van der Waals surface area contributed by atoms with E-state index in [1.54, 1.807) is 31.2 Å². The summed E-state index contributed by atoms with van der Waals surface area (Å²) in [6.07, 6.45) is -0.253. The first kappa shape index (κ1) is 20.1. The Morgan fingerprint density at radius 2 is 1.89 bits per heavy atom. The van der Waals surface area contributed by atoms with Gasteiger partial charge in [0.15, 0.2) is 0 Å². The summed E-state index contributed by atoms with van der Waals surface area (Å²) in [5.74, 6) is -0.582. The molecule has 0 aliphatic heterocycles. The van der Waals surface area contributed by atoms with Crippen LogP contribution in [0.15, 0.2) is 53.4 Å². The zero-order chi connectivity index (χ0) is 19.9. The van der Waals surface area contributed by atoms with E-state index in [0.717, 1.165) is 0 Å². The van der Waals surface area contributed by atoms with Crippen LogP contribution in [-0.4, -0.2) is 21.0 Å². The van der Waals surface area contributed by atoms with Crippen LogP contribution in [0.5, 0.6) is 0 Å². The number of carbonyl (C=O) groups excluding carboxylic acids is 1. The van der Waals surface area contributed by atoms with Crippen molar-refractivity contribution >= 4 is 16.0 Å². The minimum atomic E-state index is -4.09. The summed E-state index contributed by atoms with van der Waals surface area (Å²) in [4.78, 5) is 11.8. The van der Waals surface area contributed by atoms with E-state index in [0.29, 0.717) is 11.1 Å². The molecule has 0 saturated heterocycles. The molecule has 0 spiro atoms. The molecular weight excluding hydrogens is 366 g/mol. The number of nitrogens with one attached hydrogen (secondary N) is 1. The third-order valence-electron chi connectivity index (χ3n) is 3.69. The molecule has 0 aromatic heterocycles. The number of rotatable bonds is 7. The van der Waals surface area contributed by atoms with Crippen LogP contribution in [0, 0.1) is 22.7 Å². The number of nitriles is 2. The smallest absolute Gasteiger partial charge is 0.307 e. The van der Waals surface area contributed by atoms with Gasteiger partial charge in [0.1, 0.15) is 6.07 Å². The molecule has 0 fully saturated rings. The third kappa shape index (κ3) is 5.14. The van der Waals surface area contributed by atoms with Crippen LogP contribution < -0.4 is 4.72 Å². The number of hydrogen-bond donors (Lipinski definition) is 1. The van der Waals surface area contributed by atoms with Crippen molar-refractivity contribution in [3.63, 3.8) is 0 Å². The number of carbonyl (C=O) groups is 1. The SMILES string of the molecule is CCOC(=O)CC(NS(=O)(=O)c1ccccc1C#N)c1cccc(C#N)c1. The van der Waals surface area contributed by atoms with Gasteiger partial charge in [0, 0.05) is 0 Å². The van der Waals surface area contributed by atoms with E-state index in [1.165, 1.54) is 24.3 Å². The normalized spacial score (nSPS) is 11.8. The Balaban J connectivity index is 2.43. The van der Waals surface area contributed by atoms with Gasteiger partial charge in [-0.1, -0.05) is 24.3 Å². The molecule has 8 heteroatoms. The Hall–Kier alpha value is -3.20. The summed E-state index contributed by atoms with van der Waals surface area (Å²) in [6, 6.07) is 14.9. The van der Waals surface area contributed by atoms with Gasteiger partial charge in [0.2, 0.25) is 10.0 Å². The molecule has 27 heavy (non-hydrogen) atoms. The van der Waals surface area contributed by atoms with E-state index in [4.69, 9.17) is 15.3 Å². The van der Waals surface area contributed by atoms with Crippen molar-refractivity contribution in [2.45, 2.75) is 24.3 Å². The van der Waals surface area contributed by atoms with Gasteiger partial charge in [-0.05, 0) is 36.8 Å². The first-order valence-corrected chi connectivity index (χ1v) is 9.56. The van der Waals surface area contributed by atoms with Crippen molar-refractivity contribution < 1.29 is 17.9 Å². The number of benzene rings is 2. The topological polar surface area (TPSA) is 120 Å². The highest BCUT2D eigenvalue weighted by Gasteiger charge is 2.26. The van der Waals surface area contributed by atoms with Gasteiger partial charge in [-0.2, -0.15) is 10.5 Å². The molecule has 1 N–H and O–H groups in total. The number of nitrogens with zero attached hydrogens (tertiary/aromatic N) is 2. The van der Waals surface area contributed by atoms with E-state index >= 15 is 0 Å². The summed E-state index contributed by atoms with van der Waals surface area (Å²) < 4.78 is 33.0. The van der Waals surface area contributed by atoms with Crippen molar-refractivity contribution in [1.82, 2.24) is 4.72 Å². The fourth-order valence-corrected chi connectivity index (χ4v) is 3.87. The highest BCUT2D eigenvalue weighted by molar-refractivity contribution is 7.89. The summed E-state index contributed by atoms with van der Waals surface area (Å²) >= 11 is 0. The molecule has 7 nitrogen and oxygen atoms in total. The molecule has 1 unspecified atom stereocenters. The lowest BCUT2D eigenvalue weighted by atomic mass is 10.0. The quantitative estimate of drug-likeness (QED) is 0.733. The van der Waals surface area contributed by atoms with E-state index in [2.05, 4.69) is 4.72 Å². The number of hydrogen-bond acceptors (Lipinski definition) is 6. The lowest BCUT2D eigenvalue weighted by molar-refractivity contribution is -0.143. The fraction of sp³-hybridized carbons (Fsp3) is 0.211. The van der Waals surface area contributed by atoms with E-state index < -0.39 is 22.0 Å². The summed E-state index contributed by atoms with van der Waals surface area (Å²) in [5, 5.41) is 18.2. The van der Waals surface area contributed by atoms with Crippen LogP contribution in [0.25, 0.3) is 0 Å². The second kappa shape index (κ2) is 8.95. The van der Waals surface area contributed by atoms with Gasteiger partial charge in [0.25, 0.3) is 0 Å². The fourth-order valence-electron chi connectivity index (χ4n) is 2.48. The predicted octanol–water partition coefficient (Wildman–Crippen LogP) is 2.40. The molecule has 0 aliphatic rings. The average Bonchev–Trinajstić information content (AvgIpc) is 2.67. The monoisotopic (exact) mass is 383 g/mol. The summed E-state index contributed by atoms with van der Waals surface area (Å²) in [6.45, 7) is 1.81. The predicted molar refractivity (Wildman–Crippen MR) is 96.6 cm³/mol. The standard InChI is InChI=1S/C19H17N3O4S/c1-2-26-19(23)11-17(15-8-5-6-14(10-15)12-20)22-27(24,25)18-9-4-3-7-16(18)13-21/h3-10,17,22H,2,11H2,1H3. The minimum absolute atomic E-state index is 0.00865. The maximum absolute atomic E-state index is 12.8. The Bertz CT molecular complexity index is 1020.